The molecule has 0 aliphatic carbocycles. The quantitative estimate of drug-likeness (QED) is 0.435. The van der Waals surface area contributed by atoms with Crippen molar-refractivity contribution in [2.45, 2.75) is 31.4 Å². The molecule has 31 heavy (non-hydrogen) atoms. The van der Waals surface area contributed by atoms with Gasteiger partial charge in [0.05, 0.1) is 31.8 Å². The van der Waals surface area contributed by atoms with E-state index in [0.717, 1.165) is 5.56 Å². The Morgan fingerprint density at radius 1 is 1.29 bits per heavy atom. The number of hydrazine groups is 1. The molecule has 1 aromatic heterocycles. The number of nitrogens with zero attached hydrogens (tertiary/aromatic N) is 4. The summed E-state index contributed by atoms with van der Waals surface area (Å²) in [7, 11) is 1.69. The first-order valence-electron chi connectivity index (χ1n) is 10.0. The van der Waals surface area contributed by atoms with Crippen molar-refractivity contribution in [1.29, 1.82) is 0 Å². The smallest absolute Gasteiger partial charge is 0.266 e. The summed E-state index contributed by atoms with van der Waals surface area (Å²) in [5.74, 6) is 4.70. The first kappa shape index (κ1) is 21.8. The highest BCUT2D eigenvalue weighted by molar-refractivity contribution is 6.31. The molecular weight excluding hydrogens is 428 g/mol. The van der Waals surface area contributed by atoms with Gasteiger partial charge in [0.15, 0.2) is 11.6 Å². The van der Waals surface area contributed by atoms with E-state index in [1.54, 1.807) is 18.0 Å². The third-order valence-electron chi connectivity index (χ3n) is 5.42. The summed E-state index contributed by atoms with van der Waals surface area (Å²) < 4.78 is 33.2. The summed E-state index contributed by atoms with van der Waals surface area (Å²) in [6.07, 6.45) is -0.226. The van der Waals surface area contributed by atoms with Gasteiger partial charge in [-0.3, -0.25) is 5.01 Å². The Morgan fingerprint density at radius 3 is 2.61 bits per heavy atom. The Hall–Kier alpha value is -2.43. The van der Waals surface area contributed by atoms with Crippen LogP contribution in [0.2, 0.25) is 5.02 Å². The topological polar surface area (TPSA) is 91.6 Å². The molecule has 2 fully saturated rings. The maximum atomic E-state index is 14.0. The van der Waals surface area contributed by atoms with Gasteiger partial charge in [0.2, 0.25) is 5.95 Å². The number of alkyl halides is 2. The van der Waals surface area contributed by atoms with Crippen molar-refractivity contribution in [2.75, 3.05) is 53.9 Å². The van der Waals surface area contributed by atoms with Gasteiger partial charge < -0.3 is 20.3 Å². The zero-order valence-electron chi connectivity index (χ0n) is 17.5. The molecule has 0 bridgehead atoms. The molecule has 0 spiro atoms. The van der Waals surface area contributed by atoms with Crippen LogP contribution < -0.4 is 26.4 Å². The summed E-state index contributed by atoms with van der Waals surface area (Å²) in [6.45, 7) is 3.05. The molecule has 1 aromatic carbocycles. The van der Waals surface area contributed by atoms with E-state index in [1.165, 1.54) is 5.01 Å². The average Bonchev–Trinajstić information content (AvgIpc) is 3.07. The monoisotopic (exact) mass is 453 g/mol. The lowest BCUT2D eigenvalue weighted by Crippen LogP contribution is -2.53. The van der Waals surface area contributed by atoms with Crippen molar-refractivity contribution in [3.05, 3.63) is 34.9 Å². The summed E-state index contributed by atoms with van der Waals surface area (Å²) in [6, 6.07) is 7.36. The lowest BCUT2D eigenvalue weighted by molar-refractivity contribution is -0.0322. The zero-order chi connectivity index (χ0) is 22.2. The number of halogens is 3. The summed E-state index contributed by atoms with van der Waals surface area (Å²) >= 11 is 6.29. The second-order valence-corrected chi connectivity index (χ2v) is 8.65. The van der Waals surface area contributed by atoms with Gasteiger partial charge >= 0.3 is 0 Å². The molecule has 2 saturated heterocycles. The van der Waals surface area contributed by atoms with Crippen LogP contribution in [0.15, 0.2) is 24.3 Å². The van der Waals surface area contributed by atoms with Crippen LogP contribution in [0.1, 0.15) is 18.9 Å². The van der Waals surface area contributed by atoms with Crippen molar-refractivity contribution in [3.8, 4) is 0 Å². The molecule has 2 aliphatic heterocycles. The largest absolute Gasteiger partial charge is 0.382 e. The Bertz CT molecular complexity index is 957. The van der Waals surface area contributed by atoms with E-state index in [-0.39, 0.29) is 25.0 Å². The van der Waals surface area contributed by atoms with Gasteiger partial charge in [-0.05, 0) is 18.6 Å². The standard InChI is InChI=1S/C20H26ClF2N7O/c1-19(11-31-12-19)28-18-26-16(29-8-7-20(22,23)10-29)15(25-2)17(27-18)30(24)9-13-5-3-4-6-14(13)21/h3-6,25H,7-12,24H2,1-2H3,(H,26,27,28). The molecule has 0 saturated carbocycles. The van der Waals surface area contributed by atoms with Crippen molar-refractivity contribution in [3.63, 3.8) is 0 Å². The fourth-order valence-corrected chi connectivity index (χ4v) is 3.90. The molecule has 2 aliphatic rings. The first-order chi connectivity index (χ1) is 14.7. The van der Waals surface area contributed by atoms with Gasteiger partial charge in [0.1, 0.15) is 5.69 Å². The van der Waals surface area contributed by atoms with Crippen molar-refractivity contribution in [2.24, 2.45) is 5.84 Å². The van der Waals surface area contributed by atoms with E-state index < -0.39 is 12.5 Å². The van der Waals surface area contributed by atoms with Gasteiger partial charge in [-0.2, -0.15) is 9.97 Å². The summed E-state index contributed by atoms with van der Waals surface area (Å²) in [5, 5.41) is 8.33. The van der Waals surface area contributed by atoms with Gasteiger partial charge in [-0.25, -0.2) is 14.6 Å². The number of benzene rings is 1. The third-order valence-corrected chi connectivity index (χ3v) is 5.78. The van der Waals surface area contributed by atoms with Crippen LogP contribution in [0.4, 0.5) is 32.1 Å². The van der Waals surface area contributed by atoms with Crippen LogP contribution in [0.3, 0.4) is 0 Å². The van der Waals surface area contributed by atoms with E-state index in [9.17, 15) is 8.78 Å². The minimum absolute atomic E-state index is 0.188. The number of nitrogens with one attached hydrogen (secondary N) is 2. The number of anilines is 4. The van der Waals surface area contributed by atoms with E-state index in [2.05, 4.69) is 20.6 Å². The number of aromatic nitrogens is 2. The predicted octanol–water partition coefficient (Wildman–Crippen LogP) is 3.10. The minimum atomic E-state index is -2.77. The first-order valence-corrected chi connectivity index (χ1v) is 10.4. The number of rotatable bonds is 7. The van der Waals surface area contributed by atoms with Gasteiger partial charge in [-0.1, -0.05) is 29.8 Å². The summed E-state index contributed by atoms with van der Waals surface area (Å²) in [5.41, 5.74) is 0.968. The molecule has 4 rings (SSSR count). The van der Waals surface area contributed by atoms with E-state index in [1.807, 2.05) is 25.1 Å². The Balaban J connectivity index is 1.72. The van der Waals surface area contributed by atoms with E-state index >= 15 is 0 Å². The minimum Gasteiger partial charge on any atom is -0.382 e. The third kappa shape index (κ3) is 4.60. The number of ether oxygens (including phenoxy) is 1. The second-order valence-electron chi connectivity index (χ2n) is 8.24. The normalized spacial score (nSPS) is 19.1. The van der Waals surface area contributed by atoms with Gasteiger partial charge in [0.25, 0.3) is 5.92 Å². The average molecular weight is 454 g/mol. The number of hydrogen-bond acceptors (Lipinski definition) is 8. The molecular formula is C20H26ClF2N7O. The van der Waals surface area contributed by atoms with Crippen molar-refractivity contribution < 1.29 is 13.5 Å². The maximum absolute atomic E-state index is 14.0. The molecule has 0 unspecified atom stereocenters. The van der Waals surface area contributed by atoms with Crippen LogP contribution in [-0.4, -0.2) is 54.8 Å². The molecule has 11 heteroatoms. The molecule has 2 aromatic rings. The predicted molar refractivity (Wildman–Crippen MR) is 118 cm³/mol. The molecule has 3 heterocycles. The van der Waals surface area contributed by atoms with Crippen LogP contribution in [0.5, 0.6) is 0 Å². The van der Waals surface area contributed by atoms with E-state index in [4.69, 9.17) is 22.2 Å². The zero-order valence-corrected chi connectivity index (χ0v) is 18.2. The lowest BCUT2D eigenvalue weighted by atomic mass is 10.0. The summed E-state index contributed by atoms with van der Waals surface area (Å²) in [4.78, 5) is 10.7. The fourth-order valence-electron chi connectivity index (χ4n) is 3.71. The highest BCUT2D eigenvalue weighted by atomic mass is 35.5. The van der Waals surface area contributed by atoms with E-state index in [0.29, 0.717) is 41.5 Å². The lowest BCUT2D eigenvalue weighted by Gasteiger charge is -2.39. The SMILES string of the molecule is CNc1c(N(N)Cc2ccccc2Cl)nc(NC2(C)COC2)nc1N1CCC(F)(F)C1. The van der Waals surface area contributed by atoms with Crippen LogP contribution in [0.25, 0.3) is 0 Å². The molecule has 0 radical (unpaired) electrons. The highest BCUT2D eigenvalue weighted by Crippen LogP contribution is 2.39. The van der Waals surface area contributed by atoms with Crippen LogP contribution in [0, 0.1) is 0 Å². The Kier molecular flexibility index (Phi) is 5.80. The maximum Gasteiger partial charge on any atom is 0.266 e. The van der Waals surface area contributed by atoms with Gasteiger partial charge in [-0.15, -0.1) is 0 Å². The highest BCUT2D eigenvalue weighted by Gasteiger charge is 2.41. The number of hydrogen-bond donors (Lipinski definition) is 3. The number of nitrogens with two attached hydrogens (primary N) is 1. The second kappa shape index (κ2) is 8.25. The van der Waals surface area contributed by atoms with Crippen molar-refractivity contribution in [1.82, 2.24) is 9.97 Å². The van der Waals surface area contributed by atoms with Crippen LogP contribution >= 0.6 is 11.6 Å². The fraction of sp³-hybridized carbons (Fsp3) is 0.500. The van der Waals surface area contributed by atoms with Crippen LogP contribution in [-0.2, 0) is 11.3 Å². The molecule has 4 N–H and O–H groups in total. The Morgan fingerprint density at radius 2 is 2.03 bits per heavy atom. The Labute approximate surface area is 184 Å². The molecule has 0 amide bonds. The van der Waals surface area contributed by atoms with Gasteiger partial charge in [0, 0.05) is 25.0 Å². The molecule has 0 atom stereocenters. The molecule has 8 nitrogen and oxygen atoms in total. The molecule has 168 valence electrons. The van der Waals surface area contributed by atoms with Crippen molar-refractivity contribution >= 4 is 34.9 Å².